The van der Waals surface area contributed by atoms with E-state index in [2.05, 4.69) is 16.0 Å². The molecule has 0 spiro atoms. The van der Waals surface area contributed by atoms with Crippen LogP contribution in [0.25, 0.3) is 0 Å². The highest BCUT2D eigenvalue weighted by atomic mass is 35.5. The maximum Gasteiger partial charge on any atom is 0.255 e. The molecular formula is C19H17ClFN3OS. The van der Waals surface area contributed by atoms with Gasteiger partial charge in [0.15, 0.2) is 5.11 Å². The Balaban J connectivity index is 2.00. The normalized spacial score (nSPS) is 16.8. The van der Waals surface area contributed by atoms with E-state index in [0.717, 1.165) is 5.56 Å². The number of aryl methyl sites for hydroxylation is 1. The molecule has 3 N–H and O–H groups in total. The highest BCUT2D eigenvalue weighted by molar-refractivity contribution is 7.80. The van der Waals surface area contributed by atoms with Crippen LogP contribution in [0, 0.1) is 12.7 Å². The van der Waals surface area contributed by atoms with Gasteiger partial charge in [0, 0.05) is 22.0 Å². The molecule has 0 unspecified atom stereocenters. The minimum Gasteiger partial charge on any atom is -0.351 e. The smallest absolute Gasteiger partial charge is 0.255 e. The zero-order valence-electron chi connectivity index (χ0n) is 14.2. The lowest BCUT2D eigenvalue weighted by Crippen LogP contribution is -2.46. The number of thiocarbonyl (C=S) groups is 1. The van der Waals surface area contributed by atoms with E-state index in [9.17, 15) is 9.18 Å². The van der Waals surface area contributed by atoms with Crippen molar-refractivity contribution in [3.05, 3.63) is 75.7 Å². The van der Waals surface area contributed by atoms with Gasteiger partial charge in [-0.3, -0.25) is 4.79 Å². The number of rotatable bonds is 3. The lowest BCUT2D eigenvalue weighted by atomic mass is 9.94. The van der Waals surface area contributed by atoms with Crippen LogP contribution < -0.4 is 16.0 Å². The molecule has 0 saturated heterocycles. The number of allylic oxidation sites excluding steroid dienone is 1. The second kappa shape index (κ2) is 7.43. The van der Waals surface area contributed by atoms with Gasteiger partial charge < -0.3 is 16.0 Å². The third kappa shape index (κ3) is 3.71. The van der Waals surface area contributed by atoms with Gasteiger partial charge in [0.2, 0.25) is 0 Å². The highest BCUT2D eigenvalue weighted by Crippen LogP contribution is 2.30. The fourth-order valence-electron chi connectivity index (χ4n) is 2.86. The topological polar surface area (TPSA) is 53.2 Å². The molecule has 1 aliphatic heterocycles. The Morgan fingerprint density at radius 1 is 1.23 bits per heavy atom. The lowest BCUT2D eigenvalue weighted by Gasteiger charge is -2.30. The fraction of sp³-hybridized carbons (Fsp3) is 0.158. The number of carbonyl (C=O) groups excluding carboxylic acids is 1. The van der Waals surface area contributed by atoms with Gasteiger partial charge in [0.05, 0.1) is 11.6 Å². The number of hydrogen-bond acceptors (Lipinski definition) is 2. The molecule has 0 saturated carbocycles. The van der Waals surface area contributed by atoms with Crippen molar-refractivity contribution in [1.29, 1.82) is 0 Å². The first-order chi connectivity index (χ1) is 12.4. The van der Waals surface area contributed by atoms with Crippen LogP contribution in [0.5, 0.6) is 0 Å². The van der Waals surface area contributed by atoms with Gasteiger partial charge in [-0.25, -0.2) is 4.39 Å². The molecule has 1 aliphatic rings. The molecule has 1 amide bonds. The van der Waals surface area contributed by atoms with E-state index >= 15 is 0 Å². The van der Waals surface area contributed by atoms with Crippen molar-refractivity contribution in [3.63, 3.8) is 0 Å². The zero-order valence-corrected chi connectivity index (χ0v) is 15.8. The molecule has 0 aromatic heterocycles. The second-order valence-corrected chi connectivity index (χ2v) is 6.85. The van der Waals surface area contributed by atoms with E-state index in [-0.39, 0.29) is 5.91 Å². The number of halogens is 2. The first kappa shape index (κ1) is 18.4. The van der Waals surface area contributed by atoms with Crippen LogP contribution in [-0.4, -0.2) is 11.0 Å². The van der Waals surface area contributed by atoms with Crippen molar-refractivity contribution in [2.45, 2.75) is 19.9 Å². The third-order valence-corrected chi connectivity index (χ3v) is 4.63. The Morgan fingerprint density at radius 3 is 2.69 bits per heavy atom. The summed E-state index contributed by atoms with van der Waals surface area (Å²) in [6.07, 6.45) is 0. The maximum atomic E-state index is 14.3. The molecule has 4 nitrogen and oxygen atoms in total. The van der Waals surface area contributed by atoms with Crippen LogP contribution in [0.3, 0.4) is 0 Å². The van der Waals surface area contributed by atoms with Crippen LogP contribution in [0.2, 0.25) is 5.02 Å². The minimum absolute atomic E-state index is 0.339. The van der Waals surface area contributed by atoms with E-state index in [0.29, 0.717) is 32.7 Å². The van der Waals surface area contributed by atoms with E-state index in [1.165, 1.54) is 6.07 Å². The van der Waals surface area contributed by atoms with Gasteiger partial charge in [-0.1, -0.05) is 35.9 Å². The van der Waals surface area contributed by atoms with Crippen molar-refractivity contribution >= 4 is 40.5 Å². The molecule has 2 aromatic carbocycles. The van der Waals surface area contributed by atoms with E-state index in [1.807, 2.05) is 13.0 Å². The fourth-order valence-corrected chi connectivity index (χ4v) is 3.30. The largest absolute Gasteiger partial charge is 0.351 e. The summed E-state index contributed by atoms with van der Waals surface area (Å²) in [5.41, 5.74) is 2.75. The number of benzene rings is 2. The Hall–Kier alpha value is -2.44. The SMILES string of the molecule is CC1=C(C(=O)Nc2cc(Cl)ccc2C)[C@H](c2ccccc2F)NC(=S)N1. The first-order valence-corrected chi connectivity index (χ1v) is 8.75. The van der Waals surface area contributed by atoms with Crippen LogP contribution in [0.4, 0.5) is 10.1 Å². The van der Waals surface area contributed by atoms with Crippen LogP contribution in [0.15, 0.2) is 53.7 Å². The molecule has 0 fully saturated rings. The number of anilines is 1. The monoisotopic (exact) mass is 389 g/mol. The van der Waals surface area contributed by atoms with Crippen LogP contribution in [-0.2, 0) is 4.79 Å². The Labute approximate surface area is 161 Å². The van der Waals surface area contributed by atoms with Crippen molar-refractivity contribution in [2.75, 3.05) is 5.32 Å². The summed E-state index contributed by atoms with van der Waals surface area (Å²) in [4.78, 5) is 13.0. The summed E-state index contributed by atoms with van der Waals surface area (Å²) in [5, 5.41) is 9.63. The van der Waals surface area contributed by atoms with Gasteiger partial charge in [-0.05, 0) is 49.8 Å². The summed E-state index contributed by atoms with van der Waals surface area (Å²) in [5.74, 6) is -0.768. The molecule has 0 radical (unpaired) electrons. The predicted octanol–water partition coefficient (Wildman–Crippen LogP) is 4.22. The molecule has 26 heavy (non-hydrogen) atoms. The third-order valence-electron chi connectivity index (χ3n) is 4.18. The van der Waals surface area contributed by atoms with E-state index < -0.39 is 11.9 Å². The number of nitrogens with one attached hydrogen (secondary N) is 3. The Kier molecular flexibility index (Phi) is 5.25. The predicted molar refractivity (Wildman–Crippen MR) is 106 cm³/mol. The van der Waals surface area contributed by atoms with Gasteiger partial charge in [0.25, 0.3) is 5.91 Å². The summed E-state index contributed by atoms with van der Waals surface area (Å²) in [6, 6.07) is 10.9. The number of carbonyl (C=O) groups is 1. The average Bonchev–Trinajstić information content (AvgIpc) is 2.57. The molecule has 1 atom stereocenters. The average molecular weight is 390 g/mol. The summed E-state index contributed by atoms with van der Waals surface area (Å²) < 4.78 is 14.3. The van der Waals surface area contributed by atoms with Gasteiger partial charge in [-0.2, -0.15) is 0 Å². The number of hydrogen-bond donors (Lipinski definition) is 3. The zero-order chi connectivity index (χ0) is 18.8. The molecule has 0 aliphatic carbocycles. The standard InChI is InChI=1S/C19H17ClFN3OS/c1-10-7-8-12(20)9-15(10)23-18(25)16-11(2)22-19(26)24-17(16)13-5-3-4-6-14(13)21/h3-9,17H,1-2H3,(H,23,25)(H2,22,24,26)/t17-/m0/s1. The minimum atomic E-state index is -0.690. The van der Waals surface area contributed by atoms with Crippen molar-refractivity contribution in [2.24, 2.45) is 0 Å². The van der Waals surface area contributed by atoms with Gasteiger partial charge >= 0.3 is 0 Å². The van der Waals surface area contributed by atoms with Gasteiger partial charge in [-0.15, -0.1) is 0 Å². The molecule has 0 bridgehead atoms. The summed E-state index contributed by atoms with van der Waals surface area (Å²) in [7, 11) is 0. The molecular weight excluding hydrogens is 373 g/mol. The van der Waals surface area contributed by atoms with Gasteiger partial charge in [0.1, 0.15) is 5.82 Å². The second-order valence-electron chi connectivity index (χ2n) is 6.01. The Bertz CT molecular complexity index is 929. The highest BCUT2D eigenvalue weighted by Gasteiger charge is 2.31. The van der Waals surface area contributed by atoms with E-state index in [4.69, 9.17) is 23.8 Å². The van der Waals surface area contributed by atoms with Crippen LogP contribution >= 0.6 is 23.8 Å². The molecule has 1 heterocycles. The van der Waals surface area contributed by atoms with Crippen molar-refractivity contribution in [1.82, 2.24) is 10.6 Å². The summed E-state index contributed by atoms with van der Waals surface area (Å²) >= 11 is 11.2. The molecule has 7 heteroatoms. The maximum absolute atomic E-state index is 14.3. The van der Waals surface area contributed by atoms with Crippen molar-refractivity contribution in [3.8, 4) is 0 Å². The molecule has 3 rings (SSSR count). The number of amides is 1. The summed E-state index contributed by atoms with van der Waals surface area (Å²) in [6.45, 7) is 3.61. The van der Waals surface area contributed by atoms with Crippen molar-refractivity contribution < 1.29 is 9.18 Å². The quantitative estimate of drug-likeness (QED) is 0.688. The first-order valence-electron chi connectivity index (χ1n) is 7.97. The molecule has 134 valence electrons. The molecule has 2 aromatic rings. The Morgan fingerprint density at radius 2 is 1.96 bits per heavy atom. The van der Waals surface area contributed by atoms with Crippen LogP contribution in [0.1, 0.15) is 24.1 Å². The van der Waals surface area contributed by atoms with E-state index in [1.54, 1.807) is 37.3 Å². The lowest BCUT2D eigenvalue weighted by molar-refractivity contribution is -0.113.